The highest BCUT2D eigenvalue weighted by Crippen LogP contribution is 2.42. The molecule has 0 radical (unpaired) electrons. The quantitative estimate of drug-likeness (QED) is 0.431. The monoisotopic (exact) mass is 467 g/mol. The van der Waals surface area contributed by atoms with Crippen molar-refractivity contribution in [2.45, 2.75) is 44.0 Å². The van der Waals surface area contributed by atoms with Crippen molar-refractivity contribution < 1.29 is 28.4 Å². The fourth-order valence-corrected chi connectivity index (χ4v) is 4.73. The second-order valence-corrected chi connectivity index (χ2v) is 9.18. The molecule has 1 heterocycles. The Morgan fingerprint density at radius 1 is 0.697 bits per heavy atom. The third-order valence-electron chi connectivity index (χ3n) is 5.40. The molecule has 3 aromatic carbocycles. The number of hydrogen-bond donors (Lipinski definition) is 1. The predicted octanol–water partition coefficient (Wildman–Crippen LogP) is 4.83. The first-order valence-electron chi connectivity index (χ1n) is 10.9. The van der Waals surface area contributed by atoms with Crippen molar-refractivity contribution in [3.8, 4) is 0 Å². The van der Waals surface area contributed by atoms with Crippen LogP contribution in [0.15, 0.2) is 91.0 Å². The van der Waals surface area contributed by atoms with E-state index in [9.17, 15) is 9.67 Å². The summed E-state index contributed by atoms with van der Waals surface area (Å²) < 4.78 is 36.3. The SMILES string of the molecule is O=[P+]1OC(COCc2ccccc2)C(OCc2ccccc2)C(OCc2ccccc2)C1O. The van der Waals surface area contributed by atoms with Crippen LogP contribution in [-0.4, -0.2) is 35.9 Å². The number of ether oxygens (including phenoxy) is 3. The summed E-state index contributed by atoms with van der Waals surface area (Å²) >= 11 is 0. The highest BCUT2D eigenvalue weighted by atomic mass is 31.1. The maximum atomic E-state index is 12.6. The molecule has 1 aliphatic rings. The summed E-state index contributed by atoms with van der Waals surface area (Å²) in [4.78, 5) is 0. The first-order valence-corrected chi connectivity index (χ1v) is 12.2. The van der Waals surface area contributed by atoms with Crippen LogP contribution in [0.3, 0.4) is 0 Å². The Bertz CT molecular complexity index is 985. The van der Waals surface area contributed by atoms with Crippen LogP contribution in [0.5, 0.6) is 0 Å². The molecule has 0 bridgehead atoms. The molecule has 5 unspecified atom stereocenters. The maximum absolute atomic E-state index is 12.6. The van der Waals surface area contributed by atoms with Gasteiger partial charge in [-0.25, -0.2) is 0 Å². The van der Waals surface area contributed by atoms with E-state index < -0.39 is 32.2 Å². The lowest BCUT2D eigenvalue weighted by Gasteiger charge is -2.33. The van der Waals surface area contributed by atoms with Crippen molar-refractivity contribution in [1.82, 2.24) is 0 Å². The van der Waals surface area contributed by atoms with Crippen molar-refractivity contribution in [3.05, 3.63) is 108 Å². The molecule has 0 aromatic heterocycles. The van der Waals surface area contributed by atoms with Crippen LogP contribution in [0.4, 0.5) is 0 Å². The number of benzene rings is 3. The van der Waals surface area contributed by atoms with Gasteiger partial charge in [0.1, 0.15) is 6.10 Å². The number of aliphatic hydroxyl groups excluding tert-OH is 1. The smallest absolute Gasteiger partial charge is 0.374 e. The van der Waals surface area contributed by atoms with Crippen LogP contribution >= 0.6 is 8.03 Å². The maximum Gasteiger partial charge on any atom is 0.543 e. The molecular formula is C26H28O6P+. The minimum absolute atomic E-state index is 0.160. The Balaban J connectivity index is 1.46. The van der Waals surface area contributed by atoms with E-state index in [0.29, 0.717) is 13.2 Å². The Labute approximate surface area is 194 Å². The second-order valence-electron chi connectivity index (χ2n) is 7.87. The van der Waals surface area contributed by atoms with Crippen molar-refractivity contribution in [2.24, 2.45) is 0 Å². The molecule has 0 amide bonds. The minimum Gasteiger partial charge on any atom is -0.374 e. The molecule has 7 heteroatoms. The molecule has 1 aliphatic heterocycles. The lowest BCUT2D eigenvalue weighted by atomic mass is 10.1. The lowest BCUT2D eigenvalue weighted by molar-refractivity contribution is -0.172. The third-order valence-corrected chi connectivity index (χ3v) is 6.61. The first-order chi connectivity index (χ1) is 16.2. The Morgan fingerprint density at radius 2 is 1.15 bits per heavy atom. The number of hydrogen-bond acceptors (Lipinski definition) is 6. The largest absolute Gasteiger partial charge is 0.543 e. The van der Waals surface area contributed by atoms with Gasteiger partial charge in [-0.2, -0.15) is 0 Å². The van der Waals surface area contributed by atoms with Gasteiger partial charge in [-0.05, 0) is 21.3 Å². The predicted molar refractivity (Wildman–Crippen MR) is 125 cm³/mol. The van der Waals surface area contributed by atoms with Crippen molar-refractivity contribution >= 4 is 8.03 Å². The second kappa shape index (κ2) is 12.1. The van der Waals surface area contributed by atoms with Crippen LogP contribution in [0.2, 0.25) is 0 Å². The van der Waals surface area contributed by atoms with E-state index in [2.05, 4.69) is 0 Å². The normalized spacial score (nSPS) is 24.0. The van der Waals surface area contributed by atoms with Gasteiger partial charge in [0.25, 0.3) is 0 Å². The van der Waals surface area contributed by atoms with Gasteiger partial charge in [-0.3, -0.25) is 0 Å². The molecule has 3 aromatic rings. The summed E-state index contributed by atoms with van der Waals surface area (Å²) in [5, 5.41) is 10.6. The molecule has 1 saturated heterocycles. The van der Waals surface area contributed by atoms with Gasteiger partial charge in [0.2, 0.25) is 0 Å². The average Bonchev–Trinajstić information content (AvgIpc) is 2.86. The van der Waals surface area contributed by atoms with Crippen molar-refractivity contribution in [3.63, 3.8) is 0 Å². The fraction of sp³-hybridized carbons (Fsp3) is 0.308. The molecule has 5 atom stereocenters. The van der Waals surface area contributed by atoms with Crippen molar-refractivity contribution in [2.75, 3.05) is 6.61 Å². The van der Waals surface area contributed by atoms with E-state index in [0.717, 1.165) is 16.7 Å². The molecule has 0 aliphatic carbocycles. The summed E-state index contributed by atoms with van der Waals surface area (Å²) in [6.45, 7) is 1.11. The minimum atomic E-state index is -2.35. The Morgan fingerprint density at radius 3 is 1.67 bits per heavy atom. The highest BCUT2D eigenvalue weighted by Gasteiger charge is 2.55. The molecule has 0 spiro atoms. The summed E-state index contributed by atoms with van der Waals surface area (Å²) in [6, 6.07) is 29.2. The Kier molecular flexibility index (Phi) is 8.72. The standard InChI is InChI=1S/C26H28O6P/c27-26-25(31-18-22-14-8-3-9-15-22)24(30-17-21-12-6-2-7-13-21)23(32-33(26)28)19-29-16-20-10-4-1-5-11-20/h1-15,23-27H,16-19H2/q+1. The van der Waals surface area contributed by atoms with Gasteiger partial charge in [0, 0.05) is 0 Å². The molecule has 1 fully saturated rings. The van der Waals surface area contributed by atoms with Crippen LogP contribution in [0, 0.1) is 0 Å². The van der Waals surface area contributed by atoms with Crippen LogP contribution < -0.4 is 0 Å². The molecule has 0 saturated carbocycles. The fourth-order valence-electron chi connectivity index (χ4n) is 3.67. The summed E-state index contributed by atoms with van der Waals surface area (Å²) in [7, 11) is -2.35. The zero-order chi connectivity index (χ0) is 22.9. The van der Waals surface area contributed by atoms with Gasteiger partial charge in [-0.1, -0.05) is 91.0 Å². The summed E-state index contributed by atoms with van der Waals surface area (Å²) in [5.41, 5.74) is 2.95. The van der Waals surface area contributed by atoms with Crippen LogP contribution in [0.25, 0.3) is 0 Å². The number of rotatable bonds is 10. The van der Waals surface area contributed by atoms with Gasteiger partial charge in [0.05, 0.1) is 26.4 Å². The lowest BCUT2D eigenvalue weighted by Crippen LogP contribution is -2.52. The summed E-state index contributed by atoms with van der Waals surface area (Å²) in [5.74, 6) is -1.30. The zero-order valence-electron chi connectivity index (χ0n) is 18.2. The van der Waals surface area contributed by atoms with E-state index in [-0.39, 0.29) is 13.2 Å². The molecule has 6 nitrogen and oxygen atoms in total. The van der Waals surface area contributed by atoms with Gasteiger partial charge in [-0.15, -0.1) is 4.52 Å². The van der Waals surface area contributed by atoms with Crippen LogP contribution in [-0.2, 0) is 43.1 Å². The van der Waals surface area contributed by atoms with Gasteiger partial charge < -0.3 is 19.3 Å². The highest BCUT2D eigenvalue weighted by molar-refractivity contribution is 7.39. The van der Waals surface area contributed by atoms with Gasteiger partial charge >= 0.3 is 13.9 Å². The number of aliphatic hydroxyl groups is 1. The van der Waals surface area contributed by atoms with Crippen LogP contribution in [0.1, 0.15) is 16.7 Å². The van der Waals surface area contributed by atoms with E-state index in [1.807, 2.05) is 91.0 Å². The average molecular weight is 467 g/mol. The molecule has 4 rings (SSSR count). The molecule has 172 valence electrons. The Hall–Kier alpha value is -2.44. The van der Waals surface area contributed by atoms with E-state index in [4.69, 9.17) is 18.7 Å². The zero-order valence-corrected chi connectivity index (χ0v) is 19.1. The topological polar surface area (TPSA) is 74.2 Å². The third kappa shape index (κ3) is 6.78. The van der Waals surface area contributed by atoms with E-state index >= 15 is 0 Å². The van der Waals surface area contributed by atoms with E-state index in [1.54, 1.807) is 0 Å². The molecular weight excluding hydrogens is 439 g/mol. The first kappa shape index (κ1) is 23.7. The van der Waals surface area contributed by atoms with E-state index in [1.165, 1.54) is 0 Å². The van der Waals surface area contributed by atoms with Crippen molar-refractivity contribution in [1.29, 1.82) is 0 Å². The molecule has 33 heavy (non-hydrogen) atoms. The summed E-state index contributed by atoms with van der Waals surface area (Å²) in [6.07, 6.45) is -2.13. The van der Waals surface area contributed by atoms with Gasteiger partial charge in [0.15, 0.2) is 12.2 Å². The molecule has 1 N–H and O–H groups in total.